The SMILES string of the molecule is COc1ccc(C(=O)CC2(O)C(=O)N(Cc3cccc4ccccc34)c3ccc(Cl)cc32)cc1OC. The van der Waals surface area contributed by atoms with E-state index in [1.165, 1.54) is 25.2 Å². The zero-order valence-corrected chi connectivity index (χ0v) is 20.6. The number of halogens is 1. The second-order valence-electron chi connectivity index (χ2n) is 8.72. The summed E-state index contributed by atoms with van der Waals surface area (Å²) >= 11 is 6.25. The van der Waals surface area contributed by atoms with E-state index in [-0.39, 0.29) is 6.54 Å². The summed E-state index contributed by atoms with van der Waals surface area (Å²) in [6.45, 7) is 0.238. The first kappa shape index (κ1) is 23.9. The van der Waals surface area contributed by atoms with Gasteiger partial charge >= 0.3 is 0 Å². The number of ether oxygens (including phenoxy) is 2. The molecular formula is C29H24ClNO5. The number of amides is 1. The number of rotatable bonds is 7. The zero-order chi connectivity index (χ0) is 25.4. The van der Waals surface area contributed by atoms with E-state index in [0.29, 0.717) is 33.3 Å². The summed E-state index contributed by atoms with van der Waals surface area (Å²) < 4.78 is 10.5. The van der Waals surface area contributed by atoms with Gasteiger partial charge in [-0.15, -0.1) is 0 Å². The average molecular weight is 502 g/mol. The van der Waals surface area contributed by atoms with Crippen molar-refractivity contribution in [2.24, 2.45) is 0 Å². The van der Waals surface area contributed by atoms with Gasteiger partial charge in [0, 0.05) is 16.1 Å². The molecule has 0 spiro atoms. The van der Waals surface area contributed by atoms with Gasteiger partial charge in [0.2, 0.25) is 0 Å². The van der Waals surface area contributed by atoms with Crippen molar-refractivity contribution in [3.8, 4) is 11.5 Å². The molecule has 1 aliphatic heterocycles. The average Bonchev–Trinajstić information content (AvgIpc) is 3.09. The van der Waals surface area contributed by atoms with Gasteiger partial charge in [0.25, 0.3) is 5.91 Å². The Balaban J connectivity index is 1.52. The molecule has 1 heterocycles. The highest BCUT2D eigenvalue weighted by Crippen LogP contribution is 2.45. The molecule has 7 heteroatoms. The summed E-state index contributed by atoms with van der Waals surface area (Å²) in [5.41, 5.74) is 0.00601. The van der Waals surface area contributed by atoms with Crippen LogP contribution >= 0.6 is 11.6 Å². The lowest BCUT2D eigenvalue weighted by atomic mass is 9.88. The fraction of sp³-hybridized carbons (Fsp3) is 0.172. The van der Waals surface area contributed by atoms with E-state index >= 15 is 0 Å². The number of aliphatic hydroxyl groups is 1. The monoisotopic (exact) mass is 501 g/mol. The lowest BCUT2D eigenvalue weighted by molar-refractivity contribution is -0.136. The molecule has 1 atom stereocenters. The van der Waals surface area contributed by atoms with Crippen molar-refractivity contribution in [1.82, 2.24) is 0 Å². The maximum Gasteiger partial charge on any atom is 0.264 e. The number of hydrogen-bond acceptors (Lipinski definition) is 5. The Bertz CT molecular complexity index is 1500. The highest BCUT2D eigenvalue weighted by atomic mass is 35.5. The third kappa shape index (κ3) is 3.98. The number of fused-ring (bicyclic) bond motifs is 2. The fourth-order valence-corrected chi connectivity index (χ4v) is 4.97. The summed E-state index contributed by atoms with van der Waals surface area (Å²) in [4.78, 5) is 28.6. The molecule has 1 amide bonds. The lowest BCUT2D eigenvalue weighted by Gasteiger charge is -2.23. The molecular weight excluding hydrogens is 478 g/mol. The van der Waals surface area contributed by atoms with Gasteiger partial charge in [0.15, 0.2) is 22.9 Å². The first-order chi connectivity index (χ1) is 17.4. The van der Waals surface area contributed by atoms with Crippen molar-refractivity contribution >= 4 is 39.8 Å². The Morgan fingerprint density at radius 3 is 2.47 bits per heavy atom. The van der Waals surface area contributed by atoms with E-state index in [1.807, 2.05) is 42.5 Å². The zero-order valence-electron chi connectivity index (χ0n) is 19.8. The number of nitrogens with zero attached hydrogens (tertiary/aromatic N) is 1. The molecule has 182 valence electrons. The van der Waals surface area contributed by atoms with Crippen LogP contribution in [-0.2, 0) is 16.9 Å². The van der Waals surface area contributed by atoms with Crippen LogP contribution in [0.1, 0.15) is 27.9 Å². The molecule has 1 unspecified atom stereocenters. The Kier molecular flexibility index (Phi) is 6.16. The van der Waals surface area contributed by atoms with E-state index in [2.05, 4.69) is 0 Å². The molecule has 0 aliphatic carbocycles. The molecule has 4 aromatic carbocycles. The summed E-state index contributed by atoms with van der Waals surface area (Å²) in [6, 6.07) is 23.5. The van der Waals surface area contributed by atoms with Crippen LogP contribution in [-0.4, -0.2) is 31.0 Å². The number of ketones is 1. The molecule has 4 aromatic rings. The number of hydrogen-bond donors (Lipinski definition) is 1. The maximum atomic E-state index is 13.8. The van der Waals surface area contributed by atoms with Gasteiger partial charge in [0.1, 0.15) is 0 Å². The van der Waals surface area contributed by atoms with Crippen LogP contribution in [0.4, 0.5) is 5.69 Å². The van der Waals surface area contributed by atoms with Crippen LogP contribution in [0.25, 0.3) is 10.8 Å². The van der Waals surface area contributed by atoms with Crippen LogP contribution in [0.2, 0.25) is 5.02 Å². The number of benzene rings is 4. The topological polar surface area (TPSA) is 76.1 Å². The summed E-state index contributed by atoms with van der Waals surface area (Å²) in [5, 5.41) is 14.2. The van der Waals surface area contributed by atoms with Gasteiger partial charge in [-0.2, -0.15) is 0 Å². The highest BCUT2D eigenvalue weighted by Gasteiger charge is 2.51. The second-order valence-corrected chi connectivity index (χ2v) is 9.16. The minimum absolute atomic E-state index is 0.238. The van der Waals surface area contributed by atoms with Gasteiger partial charge in [0.05, 0.1) is 32.9 Å². The smallest absolute Gasteiger partial charge is 0.264 e. The number of Topliss-reactive ketones (excluding diaryl/α,β-unsaturated/α-hetero) is 1. The standard InChI is InChI=1S/C29H24ClNO5/c1-35-26-13-10-19(14-27(26)36-2)25(32)16-29(34)23-15-21(30)11-12-24(23)31(28(29)33)17-20-8-5-7-18-6-3-4-9-22(18)20/h3-15,34H,16-17H2,1-2H3. The van der Waals surface area contributed by atoms with Crippen molar-refractivity contribution in [2.75, 3.05) is 19.1 Å². The molecule has 36 heavy (non-hydrogen) atoms. The van der Waals surface area contributed by atoms with Crippen LogP contribution in [0, 0.1) is 0 Å². The lowest BCUT2D eigenvalue weighted by Crippen LogP contribution is -2.41. The van der Waals surface area contributed by atoms with E-state index in [1.54, 1.807) is 30.3 Å². The van der Waals surface area contributed by atoms with Crippen LogP contribution in [0.5, 0.6) is 11.5 Å². The maximum absolute atomic E-state index is 13.8. The second kappa shape index (κ2) is 9.30. The quantitative estimate of drug-likeness (QED) is 0.337. The van der Waals surface area contributed by atoms with Crippen LogP contribution in [0.15, 0.2) is 78.9 Å². The summed E-state index contributed by atoms with van der Waals surface area (Å²) in [6.07, 6.45) is -0.444. The number of carbonyl (C=O) groups excluding carboxylic acids is 2. The predicted molar refractivity (Wildman–Crippen MR) is 139 cm³/mol. The molecule has 1 aliphatic rings. The first-order valence-electron chi connectivity index (χ1n) is 11.4. The van der Waals surface area contributed by atoms with Crippen LogP contribution < -0.4 is 14.4 Å². The van der Waals surface area contributed by atoms with Gasteiger partial charge < -0.3 is 19.5 Å². The van der Waals surface area contributed by atoms with Crippen LogP contribution in [0.3, 0.4) is 0 Å². The molecule has 0 radical (unpaired) electrons. The molecule has 0 aromatic heterocycles. The Morgan fingerprint density at radius 2 is 1.69 bits per heavy atom. The number of anilines is 1. The molecule has 0 saturated carbocycles. The molecule has 5 rings (SSSR count). The molecule has 0 bridgehead atoms. The largest absolute Gasteiger partial charge is 0.493 e. The van der Waals surface area contributed by atoms with Gasteiger partial charge in [-0.1, -0.05) is 54.1 Å². The minimum Gasteiger partial charge on any atom is -0.493 e. The minimum atomic E-state index is -2.06. The number of methoxy groups -OCH3 is 2. The van der Waals surface area contributed by atoms with Crippen molar-refractivity contribution in [3.63, 3.8) is 0 Å². The Morgan fingerprint density at radius 1 is 0.944 bits per heavy atom. The Hall–Kier alpha value is -3.87. The van der Waals surface area contributed by atoms with Gasteiger partial charge in [-0.25, -0.2) is 0 Å². The highest BCUT2D eigenvalue weighted by molar-refractivity contribution is 6.31. The fourth-order valence-electron chi connectivity index (χ4n) is 4.80. The Labute approximate surface area is 213 Å². The van der Waals surface area contributed by atoms with E-state index in [9.17, 15) is 14.7 Å². The van der Waals surface area contributed by atoms with E-state index in [4.69, 9.17) is 21.1 Å². The van der Waals surface area contributed by atoms with Crippen molar-refractivity contribution < 1.29 is 24.2 Å². The summed E-state index contributed by atoms with van der Waals surface area (Å²) in [7, 11) is 2.98. The van der Waals surface area contributed by atoms with Crippen molar-refractivity contribution in [1.29, 1.82) is 0 Å². The first-order valence-corrected chi connectivity index (χ1v) is 11.8. The third-order valence-corrected chi connectivity index (χ3v) is 6.86. The molecule has 6 nitrogen and oxygen atoms in total. The van der Waals surface area contributed by atoms with Gasteiger partial charge in [-0.05, 0) is 52.7 Å². The van der Waals surface area contributed by atoms with E-state index < -0.39 is 23.7 Å². The van der Waals surface area contributed by atoms with Crippen molar-refractivity contribution in [2.45, 2.75) is 18.6 Å². The van der Waals surface area contributed by atoms with E-state index in [0.717, 1.165) is 16.3 Å². The summed E-state index contributed by atoms with van der Waals surface area (Å²) in [5.74, 6) is -0.122. The third-order valence-electron chi connectivity index (χ3n) is 6.62. The number of carbonyl (C=O) groups is 2. The normalized spacial score (nSPS) is 16.8. The predicted octanol–water partition coefficient (Wildman–Crippen LogP) is 5.52. The van der Waals surface area contributed by atoms with Gasteiger partial charge in [-0.3, -0.25) is 9.59 Å². The molecule has 1 N–H and O–H groups in total. The molecule has 0 saturated heterocycles. The van der Waals surface area contributed by atoms with Crippen molar-refractivity contribution in [3.05, 3.63) is 101 Å². The molecule has 0 fully saturated rings.